The minimum atomic E-state index is 0.0516. The highest BCUT2D eigenvalue weighted by Gasteiger charge is 2.23. The number of carbonyl (C=O) groups is 1. The van der Waals surface area contributed by atoms with Crippen LogP contribution in [-0.4, -0.2) is 56.7 Å². The van der Waals surface area contributed by atoms with Crippen molar-refractivity contribution in [1.29, 1.82) is 0 Å². The summed E-state index contributed by atoms with van der Waals surface area (Å²) in [5.41, 5.74) is 2.84. The van der Waals surface area contributed by atoms with Crippen molar-refractivity contribution < 1.29 is 4.79 Å². The van der Waals surface area contributed by atoms with E-state index in [1.807, 2.05) is 59.8 Å². The van der Waals surface area contributed by atoms with E-state index in [-0.39, 0.29) is 5.91 Å². The van der Waals surface area contributed by atoms with Crippen LogP contribution in [0.5, 0.6) is 0 Å². The number of nitrogens with zero attached hydrogens (tertiary/aromatic N) is 5. The molecule has 132 valence electrons. The van der Waals surface area contributed by atoms with E-state index in [4.69, 9.17) is 0 Å². The summed E-state index contributed by atoms with van der Waals surface area (Å²) in [7, 11) is 0. The van der Waals surface area contributed by atoms with Gasteiger partial charge in [0.05, 0.1) is 17.4 Å². The third-order valence-corrected chi connectivity index (χ3v) is 4.67. The first-order valence-electron chi connectivity index (χ1n) is 8.80. The number of pyridine rings is 1. The molecule has 1 aliphatic rings. The predicted molar refractivity (Wildman–Crippen MR) is 99.0 cm³/mol. The van der Waals surface area contributed by atoms with Gasteiger partial charge in [0.2, 0.25) is 0 Å². The standard InChI is InChI=1S/C20H21N5O/c26-20(18-14-22-25(16-18)19-4-2-1-3-5-19)24-12-10-23(11-13-24)15-17-6-8-21-9-7-17/h1-9,14,16H,10-13,15H2. The molecule has 0 saturated carbocycles. The Kier molecular flexibility index (Phi) is 4.75. The van der Waals surface area contributed by atoms with Gasteiger partial charge in [-0.15, -0.1) is 0 Å². The maximum atomic E-state index is 12.8. The average molecular weight is 347 g/mol. The third kappa shape index (κ3) is 3.65. The summed E-state index contributed by atoms with van der Waals surface area (Å²) in [5, 5.41) is 4.33. The summed E-state index contributed by atoms with van der Waals surface area (Å²) >= 11 is 0. The number of aromatic nitrogens is 3. The molecule has 2 aromatic heterocycles. The average Bonchev–Trinajstić information content (AvgIpc) is 3.20. The van der Waals surface area contributed by atoms with Crippen LogP contribution < -0.4 is 0 Å². The maximum Gasteiger partial charge on any atom is 0.257 e. The first kappa shape index (κ1) is 16.5. The van der Waals surface area contributed by atoms with E-state index in [9.17, 15) is 4.79 Å². The van der Waals surface area contributed by atoms with Crippen LogP contribution in [0.2, 0.25) is 0 Å². The molecule has 0 atom stereocenters. The smallest absolute Gasteiger partial charge is 0.257 e. The minimum absolute atomic E-state index is 0.0516. The third-order valence-electron chi connectivity index (χ3n) is 4.67. The molecule has 4 rings (SSSR count). The zero-order valence-corrected chi connectivity index (χ0v) is 14.5. The summed E-state index contributed by atoms with van der Waals surface area (Å²) in [6, 6.07) is 13.9. The molecule has 3 heterocycles. The molecule has 0 aliphatic carbocycles. The molecule has 0 bridgehead atoms. The molecular weight excluding hydrogens is 326 g/mol. The summed E-state index contributed by atoms with van der Waals surface area (Å²) < 4.78 is 1.74. The Morgan fingerprint density at radius 3 is 2.42 bits per heavy atom. The van der Waals surface area contributed by atoms with Gasteiger partial charge in [-0.05, 0) is 29.8 Å². The topological polar surface area (TPSA) is 54.3 Å². The number of hydrogen-bond acceptors (Lipinski definition) is 4. The van der Waals surface area contributed by atoms with E-state index in [0.717, 1.165) is 38.4 Å². The largest absolute Gasteiger partial charge is 0.336 e. The Morgan fingerprint density at radius 1 is 0.962 bits per heavy atom. The van der Waals surface area contributed by atoms with E-state index >= 15 is 0 Å². The van der Waals surface area contributed by atoms with E-state index in [0.29, 0.717) is 5.56 Å². The second-order valence-electron chi connectivity index (χ2n) is 6.43. The van der Waals surface area contributed by atoms with Gasteiger partial charge in [0.25, 0.3) is 5.91 Å². The molecule has 0 radical (unpaired) electrons. The van der Waals surface area contributed by atoms with Crippen molar-refractivity contribution in [1.82, 2.24) is 24.6 Å². The zero-order chi connectivity index (χ0) is 17.8. The van der Waals surface area contributed by atoms with Crippen LogP contribution in [0.15, 0.2) is 67.3 Å². The number of benzene rings is 1. The second kappa shape index (κ2) is 7.49. The van der Waals surface area contributed by atoms with Crippen molar-refractivity contribution in [3.63, 3.8) is 0 Å². The summed E-state index contributed by atoms with van der Waals surface area (Å²) in [6.45, 7) is 4.12. The lowest BCUT2D eigenvalue weighted by Crippen LogP contribution is -2.48. The molecule has 6 nitrogen and oxygen atoms in total. The summed E-state index contributed by atoms with van der Waals surface area (Å²) in [6.07, 6.45) is 7.10. The highest BCUT2D eigenvalue weighted by molar-refractivity contribution is 5.93. The van der Waals surface area contributed by atoms with Crippen LogP contribution in [0.3, 0.4) is 0 Å². The van der Waals surface area contributed by atoms with Crippen LogP contribution in [0, 0.1) is 0 Å². The summed E-state index contributed by atoms with van der Waals surface area (Å²) in [5.74, 6) is 0.0516. The fourth-order valence-corrected chi connectivity index (χ4v) is 3.19. The molecule has 1 saturated heterocycles. The van der Waals surface area contributed by atoms with E-state index in [2.05, 4.69) is 15.0 Å². The van der Waals surface area contributed by atoms with Crippen LogP contribution in [0.1, 0.15) is 15.9 Å². The molecule has 26 heavy (non-hydrogen) atoms. The number of amides is 1. The fraction of sp³-hybridized carbons (Fsp3) is 0.250. The number of rotatable bonds is 4. The monoisotopic (exact) mass is 347 g/mol. The normalized spacial score (nSPS) is 15.2. The molecule has 1 fully saturated rings. The maximum absolute atomic E-state index is 12.8. The van der Waals surface area contributed by atoms with Gasteiger partial charge in [-0.25, -0.2) is 4.68 Å². The Balaban J connectivity index is 1.36. The van der Waals surface area contributed by atoms with Gasteiger partial charge in [0, 0.05) is 51.3 Å². The number of para-hydroxylation sites is 1. The van der Waals surface area contributed by atoms with Crippen LogP contribution in [0.4, 0.5) is 0 Å². The van der Waals surface area contributed by atoms with Gasteiger partial charge in [-0.2, -0.15) is 5.10 Å². The molecule has 0 unspecified atom stereocenters. The highest BCUT2D eigenvalue weighted by Crippen LogP contribution is 2.13. The predicted octanol–water partition coefficient (Wildman–Crippen LogP) is 2.23. The van der Waals surface area contributed by atoms with E-state index in [1.54, 1.807) is 17.1 Å². The first-order chi connectivity index (χ1) is 12.8. The number of hydrogen-bond donors (Lipinski definition) is 0. The van der Waals surface area contributed by atoms with E-state index < -0.39 is 0 Å². The molecule has 1 amide bonds. The zero-order valence-electron chi connectivity index (χ0n) is 14.5. The van der Waals surface area contributed by atoms with Gasteiger partial charge >= 0.3 is 0 Å². The Labute approximate surface area is 152 Å². The van der Waals surface area contributed by atoms with Crippen molar-refractivity contribution in [3.8, 4) is 5.69 Å². The van der Waals surface area contributed by atoms with Crippen molar-refractivity contribution in [2.75, 3.05) is 26.2 Å². The van der Waals surface area contributed by atoms with Gasteiger partial charge in [-0.3, -0.25) is 14.7 Å². The van der Waals surface area contributed by atoms with Gasteiger partial charge in [0.15, 0.2) is 0 Å². The Bertz CT molecular complexity index is 854. The van der Waals surface area contributed by atoms with E-state index in [1.165, 1.54) is 5.56 Å². The molecule has 0 spiro atoms. The first-order valence-corrected chi connectivity index (χ1v) is 8.80. The molecule has 6 heteroatoms. The van der Waals surface area contributed by atoms with Gasteiger partial charge in [-0.1, -0.05) is 18.2 Å². The van der Waals surface area contributed by atoms with Crippen LogP contribution in [0.25, 0.3) is 5.69 Å². The molecule has 0 N–H and O–H groups in total. The lowest BCUT2D eigenvalue weighted by atomic mass is 10.2. The minimum Gasteiger partial charge on any atom is -0.336 e. The molecular formula is C20H21N5O. The Hall–Kier alpha value is -2.99. The van der Waals surface area contributed by atoms with Crippen molar-refractivity contribution in [3.05, 3.63) is 78.4 Å². The number of piperazine rings is 1. The molecule has 1 aromatic carbocycles. The Morgan fingerprint density at radius 2 is 1.69 bits per heavy atom. The lowest BCUT2D eigenvalue weighted by Gasteiger charge is -2.34. The van der Waals surface area contributed by atoms with Gasteiger partial charge < -0.3 is 4.90 Å². The van der Waals surface area contributed by atoms with Crippen LogP contribution in [-0.2, 0) is 6.54 Å². The molecule has 1 aliphatic heterocycles. The number of carbonyl (C=O) groups excluding carboxylic acids is 1. The van der Waals surface area contributed by atoms with Crippen molar-refractivity contribution in [2.24, 2.45) is 0 Å². The van der Waals surface area contributed by atoms with Crippen LogP contribution >= 0.6 is 0 Å². The van der Waals surface area contributed by atoms with Crippen molar-refractivity contribution >= 4 is 5.91 Å². The second-order valence-corrected chi connectivity index (χ2v) is 6.43. The fourth-order valence-electron chi connectivity index (χ4n) is 3.19. The SMILES string of the molecule is O=C(c1cnn(-c2ccccc2)c1)N1CCN(Cc2ccncc2)CC1. The lowest BCUT2D eigenvalue weighted by molar-refractivity contribution is 0.0628. The highest BCUT2D eigenvalue weighted by atomic mass is 16.2. The van der Waals surface area contributed by atoms with Crippen molar-refractivity contribution in [2.45, 2.75) is 6.54 Å². The summed E-state index contributed by atoms with van der Waals surface area (Å²) in [4.78, 5) is 21.1. The van der Waals surface area contributed by atoms with Gasteiger partial charge in [0.1, 0.15) is 0 Å². The quantitative estimate of drug-likeness (QED) is 0.726. The molecule has 3 aromatic rings.